The van der Waals surface area contributed by atoms with Gasteiger partial charge in [-0.25, -0.2) is 9.37 Å². The van der Waals surface area contributed by atoms with Crippen LogP contribution in [0, 0.1) is 12.7 Å². The van der Waals surface area contributed by atoms with Crippen LogP contribution >= 0.6 is 0 Å². The fourth-order valence-corrected chi connectivity index (χ4v) is 2.53. The molecule has 1 amide bonds. The average Bonchev–Trinajstić information content (AvgIpc) is 3.01. The molecule has 0 atom stereocenters. The first-order valence-electron chi connectivity index (χ1n) is 8.28. The first kappa shape index (κ1) is 17.7. The summed E-state index contributed by atoms with van der Waals surface area (Å²) in [6.07, 6.45) is 0.511. The fourth-order valence-electron chi connectivity index (χ4n) is 2.53. The van der Waals surface area contributed by atoms with E-state index in [4.69, 9.17) is 9.15 Å². The van der Waals surface area contributed by atoms with Gasteiger partial charge >= 0.3 is 0 Å². The summed E-state index contributed by atoms with van der Waals surface area (Å²) in [5, 5.41) is 2.76. The number of hydrogen-bond donors (Lipinski definition) is 1. The van der Waals surface area contributed by atoms with E-state index in [0.717, 1.165) is 17.0 Å². The number of hydrogen-bond acceptors (Lipinski definition) is 4. The summed E-state index contributed by atoms with van der Waals surface area (Å²) >= 11 is 0. The van der Waals surface area contributed by atoms with Crippen molar-refractivity contribution in [3.63, 3.8) is 0 Å². The van der Waals surface area contributed by atoms with Crippen LogP contribution in [0.15, 0.2) is 59.0 Å². The highest BCUT2D eigenvalue weighted by Crippen LogP contribution is 2.23. The van der Waals surface area contributed by atoms with Crippen molar-refractivity contribution in [2.24, 2.45) is 0 Å². The Bertz CT molecular complexity index is 878. The minimum atomic E-state index is -0.406. The molecule has 3 aromatic rings. The van der Waals surface area contributed by atoms with Crippen molar-refractivity contribution in [3.8, 4) is 17.0 Å². The van der Waals surface area contributed by atoms with E-state index in [9.17, 15) is 9.18 Å². The number of ether oxygens (including phenoxy) is 1. The molecule has 1 heterocycles. The largest absolute Gasteiger partial charge is 0.484 e. The van der Waals surface area contributed by atoms with Gasteiger partial charge in [0, 0.05) is 31.5 Å². The molecule has 0 saturated heterocycles. The molecule has 0 saturated carbocycles. The van der Waals surface area contributed by atoms with Crippen LogP contribution in [0.3, 0.4) is 0 Å². The number of nitrogens with zero attached hydrogens (tertiary/aromatic N) is 1. The molecule has 1 aromatic heterocycles. The Morgan fingerprint density at radius 3 is 2.77 bits per heavy atom. The zero-order valence-corrected chi connectivity index (χ0v) is 14.4. The number of nitrogens with one attached hydrogen (secondary N) is 1. The fraction of sp³-hybridized carbons (Fsp3) is 0.200. The summed E-state index contributed by atoms with van der Waals surface area (Å²) in [5.41, 5.74) is 1.76. The lowest BCUT2D eigenvalue weighted by Crippen LogP contribution is -2.30. The maximum absolute atomic E-state index is 13.1. The summed E-state index contributed by atoms with van der Waals surface area (Å²) in [6.45, 7) is 2.01. The molecule has 2 aromatic carbocycles. The van der Waals surface area contributed by atoms with Gasteiger partial charge in [-0.15, -0.1) is 0 Å². The highest BCUT2D eigenvalue weighted by molar-refractivity contribution is 5.77. The molecule has 0 unspecified atom stereocenters. The lowest BCUT2D eigenvalue weighted by molar-refractivity contribution is -0.123. The minimum Gasteiger partial charge on any atom is -0.484 e. The Labute approximate surface area is 150 Å². The maximum atomic E-state index is 13.1. The van der Waals surface area contributed by atoms with E-state index in [1.165, 1.54) is 18.2 Å². The molecule has 134 valence electrons. The summed E-state index contributed by atoms with van der Waals surface area (Å²) in [5.74, 6) is 0.931. The number of aryl methyl sites for hydroxylation is 1. The van der Waals surface area contributed by atoms with E-state index < -0.39 is 5.82 Å². The number of benzene rings is 2. The van der Waals surface area contributed by atoms with Crippen LogP contribution in [0.5, 0.6) is 5.75 Å². The van der Waals surface area contributed by atoms with E-state index in [0.29, 0.717) is 24.6 Å². The third kappa shape index (κ3) is 4.69. The van der Waals surface area contributed by atoms with Gasteiger partial charge in [0.25, 0.3) is 5.91 Å². The smallest absolute Gasteiger partial charge is 0.257 e. The van der Waals surface area contributed by atoms with Crippen LogP contribution in [0.2, 0.25) is 0 Å². The zero-order chi connectivity index (χ0) is 18.4. The number of carbonyl (C=O) groups is 1. The predicted molar refractivity (Wildman–Crippen MR) is 95.3 cm³/mol. The van der Waals surface area contributed by atoms with Crippen molar-refractivity contribution >= 4 is 5.91 Å². The number of carbonyl (C=O) groups excluding carboxylic acids is 1. The van der Waals surface area contributed by atoms with E-state index in [2.05, 4.69) is 10.3 Å². The normalized spacial score (nSPS) is 10.5. The second-order valence-electron chi connectivity index (χ2n) is 5.72. The Morgan fingerprint density at radius 1 is 1.19 bits per heavy atom. The first-order valence-corrected chi connectivity index (χ1v) is 8.28. The highest BCUT2D eigenvalue weighted by atomic mass is 19.1. The van der Waals surface area contributed by atoms with Crippen LogP contribution in [-0.2, 0) is 11.2 Å². The standard InChI is InChI=1S/C20H19FN2O3/c1-14-23-20(15-6-3-2-4-7-15)18(26-14)10-11-22-19(24)13-25-17-9-5-8-16(21)12-17/h2-9,12H,10-11,13H2,1H3,(H,22,24). The van der Waals surface area contributed by atoms with Crippen molar-refractivity contribution < 1.29 is 18.3 Å². The van der Waals surface area contributed by atoms with Crippen LogP contribution in [0.1, 0.15) is 11.7 Å². The van der Waals surface area contributed by atoms with Gasteiger partial charge in [-0.2, -0.15) is 0 Å². The van der Waals surface area contributed by atoms with Gasteiger partial charge in [0.1, 0.15) is 23.0 Å². The molecule has 0 radical (unpaired) electrons. The van der Waals surface area contributed by atoms with Crippen LogP contribution < -0.4 is 10.1 Å². The SMILES string of the molecule is Cc1nc(-c2ccccc2)c(CCNC(=O)COc2cccc(F)c2)o1. The summed E-state index contributed by atoms with van der Waals surface area (Å²) < 4.78 is 24.0. The molecule has 0 aliphatic heterocycles. The quantitative estimate of drug-likeness (QED) is 0.705. The molecule has 0 bridgehead atoms. The molecule has 0 aliphatic carbocycles. The monoisotopic (exact) mass is 354 g/mol. The second-order valence-corrected chi connectivity index (χ2v) is 5.72. The number of aromatic nitrogens is 1. The molecule has 6 heteroatoms. The molecule has 5 nitrogen and oxygen atoms in total. The summed E-state index contributed by atoms with van der Waals surface area (Å²) in [7, 11) is 0. The Kier molecular flexibility index (Phi) is 5.63. The first-order chi connectivity index (χ1) is 12.6. The van der Waals surface area contributed by atoms with Crippen molar-refractivity contribution in [2.45, 2.75) is 13.3 Å². The van der Waals surface area contributed by atoms with Crippen LogP contribution in [-0.4, -0.2) is 24.0 Å². The van der Waals surface area contributed by atoms with Gasteiger partial charge in [0.2, 0.25) is 0 Å². The Balaban J connectivity index is 1.51. The Hall–Kier alpha value is -3.15. The molecule has 0 spiro atoms. The lowest BCUT2D eigenvalue weighted by atomic mass is 10.1. The van der Waals surface area contributed by atoms with Crippen molar-refractivity contribution in [3.05, 3.63) is 72.1 Å². The minimum absolute atomic E-state index is 0.176. The van der Waals surface area contributed by atoms with Crippen LogP contribution in [0.25, 0.3) is 11.3 Å². The van der Waals surface area contributed by atoms with E-state index in [-0.39, 0.29) is 12.5 Å². The number of halogens is 1. The van der Waals surface area contributed by atoms with Crippen molar-refractivity contribution in [1.29, 1.82) is 0 Å². The third-order valence-electron chi connectivity index (χ3n) is 3.69. The predicted octanol–water partition coefficient (Wildman–Crippen LogP) is 3.53. The van der Waals surface area contributed by atoms with E-state index >= 15 is 0 Å². The third-order valence-corrected chi connectivity index (χ3v) is 3.69. The number of rotatable bonds is 7. The average molecular weight is 354 g/mol. The maximum Gasteiger partial charge on any atom is 0.257 e. The van der Waals surface area contributed by atoms with Gasteiger partial charge in [-0.1, -0.05) is 36.4 Å². The van der Waals surface area contributed by atoms with Gasteiger partial charge in [0.15, 0.2) is 12.5 Å². The van der Waals surface area contributed by atoms with Gasteiger partial charge in [0.05, 0.1) is 0 Å². The van der Waals surface area contributed by atoms with E-state index in [1.54, 1.807) is 13.0 Å². The molecule has 3 rings (SSSR count). The zero-order valence-electron chi connectivity index (χ0n) is 14.4. The number of oxazole rings is 1. The summed E-state index contributed by atoms with van der Waals surface area (Å²) in [4.78, 5) is 16.3. The van der Waals surface area contributed by atoms with Gasteiger partial charge < -0.3 is 14.5 Å². The number of amides is 1. The Morgan fingerprint density at radius 2 is 2.00 bits per heavy atom. The molecule has 26 heavy (non-hydrogen) atoms. The molecular formula is C20H19FN2O3. The molecule has 0 aliphatic rings. The molecule has 1 N–H and O–H groups in total. The highest BCUT2D eigenvalue weighted by Gasteiger charge is 2.13. The lowest BCUT2D eigenvalue weighted by Gasteiger charge is -2.07. The van der Waals surface area contributed by atoms with Crippen molar-refractivity contribution in [1.82, 2.24) is 10.3 Å². The van der Waals surface area contributed by atoms with Gasteiger partial charge in [-0.05, 0) is 12.1 Å². The van der Waals surface area contributed by atoms with Crippen LogP contribution in [0.4, 0.5) is 4.39 Å². The second kappa shape index (κ2) is 8.29. The molecule has 0 fully saturated rings. The van der Waals surface area contributed by atoms with Gasteiger partial charge in [-0.3, -0.25) is 4.79 Å². The topological polar surface area (TPSA) is 64.4 Å². The van der Waals surface area contributed by atoms with E-state index in [1.807, 2.05) is 30.3 Å². The molecular weight excluding hydrogens is 335 g/mol. The van der Waals surface area contributed by atoms with Crippen molar-refractivity contribution in [2.75, 3.05) is 13.2 Å². The summed E-state index contributed by atoms with van der Waals surface area (Å²) in [6, 6.07) is 15.4.